The lowest BCUT2D eigenvalue weighted by Crippen LogP contribution is -2.49. The Morgan fingerprint density at radius 1 is 1.00 bits per heavy atom. The second-order valence-electron chi connectivity index (χ2n) is 11.1. The molecule has 3 nitrogen and oxygen atoms in total. The quantitative estimate of drug-likeness (QED) is 0.553. The van der Waals surface area contributed by atoms with E-state index >= 15 is 0 Å². The van der Waals surface area contributed by atoms with E-state index in [4.69, 9.17) is 0 Å². The lowest BCUT2D eigenvalue weighted by molar-refractivity contribution is 0.0597. The van der Waals surface area contributed by atoms with E-state index in [-0.39, 0.29) is 6.04 Å². The molecule has 0 aromatic heterocycles. The molecule has 1 N–H and O–H groups in total. The molecule has 4 heteroatoms. The fourth-order valence-electron chi connectivity index (χ4n) is 5.82. The maximum atomic E-state index is 14.4. The summed E-state index contributed by atoms with van der Waals surface area (Å²) < 4.78 is 14.4. The van der Waals surface area contributed by atoms with Crippen molar-refractivity contribution in [2.45, 2.75) is 96.9 Å². The van der Waals surface area contributed by atoms with Gasteiger partial charge in [-0.2, -0.15) is 0 Å². The maximum Gasteiger partial charge on any atom is 0.117 e. The summed E-state index contributed by atoms with van der Waals surface area (Å²) in [5, 5.41) is 3.58. The molecule has 28 heavy (non-hydrogen) atoms. The second-order valence-corrected chi connectivity index (χ2v) is 11.1. The summed E-state index contributed by atoms with van der Waals surface area (Å²) in [6, 6.07) is 1.34. The van der Waals surface area contributed by atoms with Crippen molar-refractivity contribution in [2.75, 3.05) is 33.2 Å². The van der Waals surface area contributed by atoms with Crippen LogP contribution in [0.3, 0.4) is 0 Å². The zero-order valence-corrected chi connectivity index (χ0v) is 19.2. The fraction of sp³-hybridized carbons (Fsp3) is 1.00. The largest absolute Gasteiger partial charge is 0.308 e. The first-order valence-corrected chi connectivity index (χ1v) is 12.1. The Bertz CT molecular complexity index is 465. The molecule has 164 valence electrons. The molecular formula is C24H46FN3. The van der Waals surface area contributed by atoms with Gasteiger partial charge >= 0.3 is 0 Å². The number of nitrogens with one attached hydrogen (secondary N) is 1. The van der Waals surface area contributed by atoms with Crippen LogP contribution < -0.4 is 5.32 Å². The zero-order chi connectivity index (χ0) is 20.3. The third-order valence-corrected chi connectivity index (χ3v) is 7.63. The minimum absolute atomic E-state index is 0.0911. The van der Waals surface area contributed by atoms with Crippen LogP contribution in [0.5, 0.6) is 0 Å². The van der Waals surface area contributed by atoms with Crippen molar-refractivity contribution in [2.24, 2.45) is 23.7 Å². The molecule has 3 fully saturated rings. The molecule has 3 heterocycles. The van der Waals surface area contributed by atoms with E-state index in [1.807, 2.05) is 0 Å². The molecular weight excluding hydrogens is 349 g/mol. The molecule has 3 rings (SSSR count). The van der Waals surface area contributed by atoms with E-state index in [0.717, 1.165) is 37.1 Å². The summed E-state index contributed by atoms with van der Waals surface area (Å²) in [4.78, 5) is 5.14. The Morgan fingerprint density at radius 3 is 2.36 bits per heavy atom. The molecule has 0 amide bonds. The van der Waals surface area contributed by atoms with Crippen LogP contribution in [0.15, 0.2) is 0 Å². The maximum absolute atomic E-state index is 14.4. The first-order chi connectivity index (χ1) is 13.3. The number of hydrogen-bond donors (Lipinski definition) is 1. The molecule has 0 bridgehead atoms. The summed E-state index contributed by atoms with van der Waals surface area (Å²) in [6.45, 7) is 14.3. The molecule has 0 saturated carbocycles. The van der Waals surface area contributed by atoms with Crippen molar-refractivity contribution in [1.82, 2.24) is 15.1 Å². The average molecular weight is 396 g/mol. The molecule has 0 aromatic rings. The standard InChI is InChI=1S/C24H46FN3/c1-17(2)10-21-14-23(25)24(26-21)13-18(3)6-9-28-15-20(16-28)11-19(4)12-22-7-8-27(22)5/h17-24,26H,6-16H2,1-5H3/t18?,19?,21-,22-,23+,24?/m1/s1. The van der Waals surface area contributed by atoms with E-state index in [2.05, 4.69) is 49.9 Å². The van der Waals surface area contributed by atoms with Gasteiger partial charge < -0.3 is 15.1 Å². The highest BCUT2D eigenvalue weighted by atomic mass is 19.1. The Hall–Kier alpha value is -0.190. The van der Waals surface area contributed by atoms with E-state index in [9.17, 15) is 4.39 Å². The summed E-state index contributed by atoms with van der Waals surface area (Å²) >= 11 is 0. The van der Waals surface area contributed by atoms with Crippen molar-refractivity contribution in [3.05, 3.63) is 0 Å². The van der Waals surface area contributed by atoms with Gasteiger partial charge in [0.15, 0.2) is 0 Å². The van der Waals surface area contributed by atoms with Crippen LogP contribution >= 0.6 is 0 Å². The topological polar surface area (TPSA) is 18.5 Å². The normalized spacial score (nSPS) is 34.4. The van der Waals surface area contributed by atoms with Crippen LogP contribution in [0.25, 0.3) is 0 Å². The highest BCUT2D eigenvalue weighted by Crippen LogP contribution is 2.30. The van der Waals surface area contributed by atoms with Crippen molar-refractivity contribution < 1.29 is 4.39 Å². The zero-order valence-electron chi connectivity index (χ0n) is 19.2. The summed E-state index contributed by atoms with van der Waals surface area (Å²) in [5.41, 5.74) is 0. The van der Waals surface area contributed by atoms with Gasteiger partial charge in [0.2, 0.25) is 0 Å². The Labute approximate surface area is 173 Å². The van der Waals surface area contributed by atoms with Crippen LogP contribution in [0.1, 0.15) is 72.6 Å². The lowest BCUT2D eigenvalue weighted by Gasteiger charge is -2.43. The number of nitrogens with zero attached hydrogens (tertiary/aromatic N) is 2. The highest BCUT2D eigenvalue weighted by molar-refractivity contribution is 4.92. The van der Waals surface area contributed by atoms with Crippen molar-refractivity contribution in [3.63, 3.8) is 0 Å². The molecule has 3 aliphatic rings. The predicted octanol–water partition coefficient (Wildman–Crippen LogP) is 4.57. The number of halogens is 1. The average Bonchev–Trinajstić information content (AvgIpc) is 2.91. The van der Waals surface area contributed by atoms with Crippen LogP contribution in [0.4, 0.5) is 4.39 Å². The van der Waals surface area contributed by atoms with Crippen LogP contribution in [-0.2, 0) is 0 Å². The van der Waals surface area contributed by atoms with Gasteiger partial charge in [0.25, 0.3) is 0 Å². The second kappa shape index (κ2) is 10.2. The monoisotopic (exact) mass is 395 g/mol. The molecule has 0 spiro atoms. The summed E-state index contributed by atoms with van der Waals surface area (Å²) in [6.07, 6.45) is 7.60. The Morgan fingerprint density at radius 2 is 1.75 bits per heavy atom. The number of alkyl halides is 1. The van der Waals surface area contributed by atoms with E-state index in [1.54, 1.807) is 0 Å². The smallest absolute Gasteiger partial charge is 0.117 e. The van der Waals surface area contributed by atoms with Gasteiger partial charge in [-0.3, -0.25) is 0 Å². The Balaban J connectivity index is 1.24. The molecule has 3 aliphatic heterocycles. The summed E-state index contributed by atoms with van der Waals surface area (Å²) in [5.74, 6) is 3.05. The van der Waals surface area contributed by atoms with Gasteiger partial charge in [-0.1, -0.05) is 27.7 Å². The number of hydrogen-bond acceptors (Lipinski definition) is 3. The van der Waals surface area contributed by atoms with Crippen LogP contribution in [0.2, 0.25) is 0 Å². The van der Waals surface area contributed by atoms with Gasteiger partial charge in [0.1, 0.15) is 6.17 Å². The first kappa shape index (κ1) is 22.5. The van der Waals surface area contributed by atoms with Gasteiger partial charge in [0.05, 0.1) is 0 Å². The van der Waals surface area contributed by atoms with Gasteiger partial charge in [-0.15, -0.1) is 0 Å². The van der Waals surface area contributed by atoms with E-state index in [0.29, 0.717) is 17.9 Å². The van der Waals surface area contributed by atoms with Gasteiger partial charge in [0, 0.05) is 31.2 Å². The van der Waals surface area contributed by atoms with E-state index < -0.39 is 6.17 Å². The minimum atomic E-state index is -0.643. The lowest BCUT2D eigenvalue weighted by atomic mass is 9.84. The molecule has 0 aromatic carbocycles. The third-order valence-electron chi connectivity index (χ3n) is 7.63. The molecule has 0 radical (unpaired) electrons. The minimum Gasteiger partial charge on any atom is -0.308 e. The molecule has 3 saturated heterocycles. The SMILES string of the molecule is CC(C)C[C@@H]1C[C@H](F)C(CC(C)CCN2CC(CC(C)C[C@H]3CCN3C)C2)N1. The van der Waals surface area contributed by atoms with Crippen molar-refractivity contribution in [1.29, 1.82) is 0 Å². The van der Waals surface area contributed by atoms with Crippen molar-refractivity contribution >= 4 is 0 Å². The van der Waals surface area contributed by atoms with E-state index in [1.165, 1.54) is 51.9 Å². The number of rotatable bonds is 11. The highest BCUT2D eigenvalue weighted by Gasteiger charge is 2.35. The molecule has 6 atom stereocenters. The molecule has 3 unspecified atom stereocenters. The van der Waals surface area contributed by atoms with Crippen LogP contribution in [-0.4, -0.2) is 67.3 Å². The predicted molar refractivity (Wildman–Crippen MR) is 117 cm³/mol. The fourth-order valence-corrected chi connectivity index (χ4v) is 5.82. The first-order valence-electron chi connectivity index (χ1n) is 12.1. The number of likely N-dealkylation sites (tertiary alicyclic amines) is 2. The summed E-state index contributed by atoms with van der Waals surface area (Å²) in [7, 11) is 2.27. The van der Waals surface area contributed by atoms with Crippen LogP contribution in [0, 0.1) is 23.7 Å². The Kier molecular flexibility index (Phi) is 8.21. The molecule has 0 aliphatic carbocycles. The van der Waals surface area contributed by atoms with Gasteiger partial charge in [-0.05, 0) is 88.8 Å². The van der Waals surface area contributed by atoms with Gasteiger partial charge in [-0.25, -0.2) is 4.39 Å². The third kappa shape index (κ3) is 6.40. The van der Waals surface area contributed by atoms with Crippen molar-refractivity contribution in [3.8, 4) is 0 Å².